The third-order valence-corrected chi connectivity index (χ3v) is 4.07. The molecule has 6 heteroatoms. The molecule has 1 saturated heterocycles. The van der Waals surface area contributed by atoms with Gasteiger partial charge in [0.2, 0.25) is 0 Å². The van der Waals surface area contributed by atoms with Crippen LogP contribution in [0.5, 0.6) is 0 Å². The molecule has 1 aliphatic rings. The number of methoxy groups -OCH3 is 2. The Hall–Kier alpha value is -0.850. The normalized spacial score (nSPS) is 23.9. The summed E-state index contributed by atoms with van der Waals surface area (Å²) < 4.78 is 16.5. The van der Waals surface area contributed by atoms with Crippen molar-refractivity contribution in [3.63, 3.8) is 0 Å². The summed E-state index contributed by atoms with van der Waals surface area (Å²) in [6.45, 7) is 13.0. The Labute approximate surface area is 140 Å². The van der Waals surface area contributed by atoms with E-state index in [4.69, 9.17) is 14.2 Å². The molecule has 0 saturated carbocycles. The molecule has 0 spiro atoms. The van der Waals surface area contributed by atoms with Crippen LogP contribution in [0.25, 0.3) is 0 Å². The van der Waals surface area contributed by atoms with Crippen LogP contribution in [0.2, 0.25) is 0 Å². The molecule has 1 rings (SSSR count). The van der Waals surface area contributed by atoms with Gasteiger partial charge < -0.3 is 24.4 Å². The summed E-state index contributed by atoms with van der Waals surface area (Å²) in [7, 11) is 3.41. The summed E-state index contributed by atoms with van der Waals surface area (Å²) in [4.78, 5) is 13.9. The maximum Gasteiger partial charge on any atom is 0.410 e. The summed E-state index contributed by atoms with van der Waals surface area (Å²) in [6.07, 6.45) is 0.562. The molecule has 2 unspecified atom stereocenters. The number of nitrogens with one attached hydrogen (secondary N) is 1. The molecule has 136 valence electrons. The second kappa shape index (κ2) is 7.81. The third-order valence-electron chi connectivity index (χ3n) is 4.07. The second-order valence-corrected chi connectivity index (χ2v) is 8.00. The zero-order chi connectivity index (χ0) is 17.8. The Balaban J connectivity index is 2.60. The minimum Gasteiger partial charge on any atom is -0.444 e. The van der Waals surface area contributed by atoms with E-state index in [1.807, 2.05) is 20.8 Å². The maximum absolute atomic E-state index is 12.2. The Morgan fingerprint density at radius 3 is 2.30 bits per heavy atom. The third kappa shape index (κ3) is 6.65. The van der Waals surface area contributed by atoms with Gasteiger partial charge in [0.05, 0.1) is 24.3 Å². The molecule has 1 N–H and O–H groups in total. The zero-order valence-electron chi connectivity index (χ0n) is 15.9. The van der Waals surface area contributed by atoms with Crippen molar-refractivity contribution in [2.24, 2.45) is 0 Å². The van der Waals surface area contributed by atoms with Crippen molar-refractivity contribution < 1.29 is 19.0 Å². The van der Waals surface area contributed by atoms with Crippen molar-refractivity contribution in [3.05, 3.63) is 0 Å². The molecular formula is C17H34N2O4. The average Bonchev–Trinajstić information content (AvgIpc) is 2.79. The van der Waals surface area contributed by atoms with Crippen molar-refractivity contribution in [3.8, 4) is 0 Å². The van der Waals surface area contributed by atoms with Crippen molar-refractivity contribution in [2.45, 2.75) is 77.4 Å². The number of rotatable bonds is 6. The van der Waals surface area contributed by atoms with Gasteiger partial charge in [-0.3, -0.25) is 0 Å². The van der Waals surface area contributed by atoms with Crippen LogP contribution in [0.1, 0.15) is 48.0 Å². The lowest BCUT2D eigenvalue weighted by Gasteiger charge is -2.30. The van der Waals surface area contributed by atoms with Crippen LogP contribution in [0, 0.1) is 0 Å². The smallest absolute Gasteiger partial charge is 0.410 e. The van der Waals surface area contributed by atoms with Crippen molar-refractivity contribution >= 4 is 6.09 Å². The first-order valence-electron chi connectivity index (χ1n) is 8.29. The molecular weight excluding hydrogens is 296 g/mol. The standard InChI is InChI=1S/C17H34N2O4/c1-12(9-17(5,6)22-8)18-13-10-19(11-14(13)21-7)15(20)23-16(2,3)4/h12-14,18H,9-11H2,1-8H3/t12?,13?,14-/m0/s1. The molecule has 0 aromatic rings. The average molecular weight is 330 g/mol. The van der Waals surface area contributed by atoms with Crippen LogP contribution in [0.4, 0.5) is 4.79 Å². The van der Waals surface area contributed by atoms with Crippen molar-refractivity contribution in [2.75, 3.05) is 27.3 Å². The minimum absolute atomic E-state index is 0.0318. The molecule has 6 nitrogen and oxygen atoms in total. The number of likely N-dealkylation sites (tertiary alicyclic amines) is 1. The van der Waals surface area contributed by atoms with Crippen LogP contribution in [-0.2, 0) is 14.2 Å². The van der Waals surface area contributed by atoms with Crippen molar-refractivity contribution in [1.29, 1.82) is 0 Å². The predicted molar refractivity (Wildman–Crippen MR) is 90.7 cm³/mol. The fraction of sp³-hybridized carbons (Fsp3) is 0.941. The summed E-state index contributed by atoms with van der Waals surface area (Å²) in [6, 6.07) is 0.348. The molecule has 1 fully saturated rings. The van der Waals surface area contributed by atoms with Gasteiger partial charge in [0.15, 0.2) is 0 Å². The van der Waals surface area contributed by atoms with Gasteiger partial charge in [0.1, 0.15) is 5.60 Å². The molecule has 0 aliphatic carbocycles. The zero-order valence-corrected chi connectivity index (χ0v) is 15.9. The Morgan fingerprint density at radius 1 is 1.22 bits per heavy atom. The molecule has 3 atom stereocenters. The SMILES string of the molecule is CO[C@H]1CN(C(=O)OC(C)(C)C)CC1NC(C)CC(C)(C)OC. The summed E-state index contributed by atoms with van der Waals surface area (Å²) >= 11 is 0. The molecule has 0 aromatic carbocycles. The molecule has 0 aromatic heterocycles. The molecule has 0 bridgehead atoms. The fourth-order valence-corrected chi connectivity index (χ4v) is 2.89. The number of ether oxygens (including phenoxy) is 3. The highest BCUT2D eigenvalue weighted by atomic mass is 16.6. The minimum atomic E-state index is -0.485. The lowest BCUT2D eigenvalue weighted by molar-refractivity contribution is 0.00545. The van der Waals surface area contributed by atoms with Gasteiger partial charge in [-0.25, -0.2) is 4.79 Å². The van der Waals surface area contributed by atoms with Gasteiger partial charge >= 0.3 is 6.09 Å². The van der Waals surface area contributed by atoms with Crippen LogP contribution >= 0.6 is 0 Å². The lowest BCUT2D eigenvalue weighted by atomic mass is 9.99. The van der Waals surface area contributed by atoms with E-state index in [0.717, 1.165) is 6.42 Å². The topological polar surface area (TPSA) is 60.0 Å². The number of hydrogen-bond acceptors (Lipinski definition) is 5. The maximum atomic E-state index is 12.2. The molecule has 23 heavy (non-hydrogen) atoms. The van der Waals surface area contributed by atoms with Gasteiger partial charge in [-0.05, 0) is 48.0 Å². The van der Waals surface area contributed by atoms with E-state index in [2.05, 4.69) is 26.1 Å². The van der Waals surface area contributed by atoms with E-state index in [9.17, 15) is 4.79 Å². The molecule has 0 radical (unpaired) electrons. The number of carbonyl (C=O) groups is 1. The van der Waals surface area contributed by atoms with E-state index in [-0.39, 0.29) is 29.9 Å². The monoisotopic (exact) mass is 330 g/mol. The number of carbonyl (C=O) groups excluding carboxylic acids is 1. The molecule has 1 heterocycles. The Bertz CT molecular complexity index is 393. The van der Waals surface area contributed by atoms with E-state index in [0.29, 0.717) is 13.1 Å². The first-order valence-corrected chi connectivity index (χ1v) is 8.29. The van der Waals surface area contributed by atoms with Crippen LogP contribution in [0.15, 0.2) is 0 Å². The van der Waals surface area contributed by atoms with Crippen LogP contribution < -0.4 is 5.32 Å². The largest absolute Gasteiger partial charge is 0.444 e. The molecule has 1 amide bonds. The van der Waals surface area contributed by atoms with Gasteiger partial charge in [-0.1, -0.05) is 0 Å². The number of amides is 1. The highest BCUT2D eigenvalue weighted by Gasteiger charge is 2.38. The van der Waals surface area contributed by atoms with E-state index in [1.54, 1.807) is 19.1 Å². The van der Waals surface area contributed by atoms with E-state index >= 15 is 0 Å². The molecule has 1 aliphatic heterocycles. The van der Waals surface area contributed by atoms with E-state index < -0.39 is 5.60 Å². The van der Waals surface area contributed by atoms with Gasteiger partial charge in [0.25, 0.3) is 0 Å². The summed E-state index contributed by atoms with van der Waals surface area (Å²) in [5, 5.41) is 3.56. The summed E-state index contributed by atoms with van der Waals surface area (Å²) in [5.41, 5.74) is -0.667. The van der Waals surface area contributed by atoms with Crippen LogP contribution in [0.3, 0.4) is 0 Å². The van der Waals surface area contributed by atoms with Gasteiger partial charge in [-0.15, -0.1) is 0 Å². The van der Waals surface area contributed by atoms with Gasteiger partial charge in [-0.2, -0.15) is 0 Å². The lowest BCUT2D eigenvalue weighted by Crippen LogP contribution is -2.47. The first kappa shape index (κ1) is 20.2. The predicted octanol–water partition coefficient (Wildman–Crippen LogP) is 2.41. The van der Waals surface area contributed by atoms with Crippen molar-refractivity contribution in [1.82, 2.24) is 10.2 Å². The number of nitrogens with zero attached hydrogens (tertiary/aromatic N) is 1. The Kier molecular flexibility index (Phi) is 6.86. The second-order valence-electron chi connectivity index (χ2n) is 8.00. The van der Waals surface area contributed by atoms with E-state index in [1.165, 1.54) is 0 Å². The highest BCUT2D eigenvalue weighted by molar-refractivity contribution is 5.68. The quantitative estimate of drug-likeness (QED) is 0.810. The first-order chi connectivity index (χ1) is 10.5. The van der Waals surface area contributed by atoms with Crippen LogP contribution in [-0.4, -0.2) is 67.7 Å². The Morgan fingerprint density at radius 2 is 1.83 bits per heavy atom. The number of hydrogen-bond donors (Lipinski definition) is 1. The fourth-order valence-electron chi connectivity index (χ4n) is 2.89. The summed E-state index contributed by atoms with van der Waals surface area (Å²) in [5.74, 6) is 0. The van der Waals surface area contributed by atoms with Gasteiger partial charge in [0, 0.05) is 26.8 Å². The highest BCUT2D eigenvalue weighted by Crippen LogP contribution is 2.20.